The van der Waals surface area contributed by atoms with Crippen molar-refractivity contribution in [2.75, 3.05) is 13.7 Å². The lowest BCUT2D eigenvalue weighted by atomic mass is 10.1. The first-order chi connectivity index (χ1) is 12.3. The van der Waals surface area contributed by atoms with E-state index in [0.717, 1.165) is 0 Å². The SMILES string of the molecule is COC(=O)c1c(C)[nH]c(C(=O)NCC(O)c2ccc([N+](=O)[O-])cc2)c1C. The lowest BCUT2D eigenvalue weighted by Gasteiger charge is -2.12. The highest BCUT2D eigenvalue weighted by Crippen LogP contribution is 2.20. The molecule has 2 rings (SSSR count). The van der Waals surface area contributed by atoms with Crippen molar-refractivity contribution in [3.8, 4) is 0 Å². The number of non-ortho nitro benzene ring substituents is 1. The summed E-state index contributed by atoms with van der Waals surface area (Å²) in [6, 6.07) is 5.41. The quantitative estimate of drug-likeness (QED) is 0.408. The Morgan fingerprint density at radius 2 is 1.92 bits per heavy atom. The topological polar surface area (TPSA) is 135 Å². The predicted molar refractivity (Wildman–Crippen MR) is 92.0 cm³/mol. The number of methoxy groups -OCH3 is 1. The van der Waals surface area contributed by atoms with Gasteiger partial charge in [-0.3, -0.25) is 14.9 Å². The molecule has 1 aromatic carbocycles. The van der Waals surface area contributed by atoms with Crippen LogP contribution in [0.4, 0.5) is 5.69 Å². The summed E-state index contributed by atoms with van der Waals surface area (Å²) in [7, 11) is 1.26. The van der Waals surface area contributed by atoms with Crippen LogP contribution in [0.15, 0.2) is 24.3 Å². The predicted octanol–water partition coefficient (Wildman–Crippen LogP) is 1.79. The van der Waals surface area contributed by atoms with Crippen LogP contribution in [0.1, 0.15) is 43.8 Å². The van der Waals surface area contributed by atoms with Crippen LogP contribution in [0.25, 0.3) is 0 Å². The number of aliphatic hydroxyl groups is 1. The maximum absolute atomic E-state index is 12.3. The maximum atomic E-state index is 12.3. The van der Waals surface area contributed by atoms with Gasteiger partial charge in [0.2, 0.25) is 0 Å². The second-order valence-electron chi connectivity index (χ2n) is 5.69. The van der Waals surface area contributed by atoms with Crippen molar-refractivity contribution in [3.63, 3.8) is 0 Å². The number of carbonyl (C=O) groups excluding carboxylic acids is 2. The van der Waals surface area contributed by atoms with Crippen molar-refractivity contribution in [1.29, 1.82) is 0 Å². The van der Waals surface area contributed by atoms with Crippen molar-refractivity contribution in [3.05, 3.63) is 62.5 Å². The Bertz CT molecular complexity index is 841. The number of ether oxygens (including phenoxy) is 1. The van der Waals surface area contributed by atoms with E-state index in [1.54, 1.807) is 13.8 Å². The summed E-state index contributed by atoms with van der Waals surface area (Å²) in [5.41, 5.74) is 1.82. The van der Waals surface area contributed by atoms with E-state index in [1.807, 2.05) is 0 Å². The highest BCUT2D eigenvalue weighted by Gasteiger charge is 2.23. The van der Waals surface area contributed by atoms with E-state index in [4.69, 9.17) is 4.74 Å². The van der Waals surface area contributed by atoms with E-state index in [9.17, 15) is 24.8 Å². The molecule has 9 nitrogen and oxygen atoms in total. The lowest BCUT2D eigenvalue weighted by Crippen LogP contribution is -2.29. The van der Waals surface area contributed by atoms with Gasteiger partial charge in [0, 0.05) is 24.4 Å². The highest BCUT2D eigenvalue weighted by molar-refractivity contribution is 6.00. The van der Waals surface area contributed by atoms with Gasteiger partial charge in [0.15, 0.2) is 0 Å². The van der Waals surface area contributed by atoms with Gasteiger partial charge in [-0.15, -0.1) is 0 Å². The molecule has 138 valence electrons. The highest BCUT2D eigenvalue weighted by atomic mass is 16.6. The number of carbonyl (C=O) groups is 2. The molecule has 0 saturated carbocycles. The zero-order valence-corrected chi connectivity index (χ0v) is 14.5. The Balaban J connectivity index is 2.06. The number of aromatic amines is 1. The van der Waals surface area contributed by atoms with E-state index in [0.29, 0.717) is 22.4 Å². The molecule has 0 aliphatic rings. The van der Waals surface area contributed by atoms with Crippen LogP contribution in [0.2, 0.25) is 0 Å². The summed E-state index contributed by atoms with van der Waals surface area (Å²) in [6.45, 7) is 3.18. The van der Waals surface area contributed by atoms with E-state index < -0.39 is 22.9 Å². The third kappa shape index (κ3) is 3.89. The van der Waals surface area contributed by atoms with E-state index >= 15 is 0 Å². The van der Waals surface area contributed by atoms with Gasteiger partial charge in [-0.2, -0.15) is 0 Å². The molecule has 26 heavy (non-hydrogen) atoms. The number of H-pyrrole nitrogens is 1. The number of nitro groups is 1. The van der Waals surface area contributed by atoms with Gasteiger partial charge < -0.3 is 20.1 Å². The first kappa shape index (κ1) is 19.1. The molecule has 0 fully saturated rings. The zero-order valence-electron chi connectivity index (χ0n) is 14.5. The first-order valence-corrected chi connectivity index (χ1v) is 7.74. The molecule has 0 saturated heterocycles. The van der Waals surface area contributed by atoms with Crippen LogP contribution in [-0.4, -0.2) is 40.5 Å². The maximum Gasteiger partial charge on any atom is 0.339 e. The fourth-order valence-corrected chi connectivity index (χ4v) is 2.60. The van der Waals surface area contributed by atoms with Gasteiger partial charge in [-0.1, -0.05) is 0 Å². The smallest absolute Gasteiger partial charge is 0.339 e. The van der Waals surface area contributed by atoms with Crippen LogP contribution >= 0.6 is 0 Å². The lowest BCUT2D eigenvalue weighted by molar-refractivity contribution is -0.384. The monoisotopic (exact) mass is 361 g/mol. The number of nitrogens with one attached hydrogen (secondary N) is 2. The van der Waals surface area contributed by atoms with Crippen molar-refractivity contribution in [2.45, 2.75) is 20.0 Å². The van der Waals surface area contributed by atoms with E-state index in [1.165, 1.54) is 31.4 Å². The van der Waals surface area contributed by atoms with Crippen molar-refractivity contribution >= 4 is 17.6 Å². The van der Waals surface area contributed by atoms with Gasteiger partial charge in [0.25, 0.3) is 11.6 Å². The summed E-state index contributed by atoms with van der Waals surface area (Å²) in [6.07, 6.45) is -1.03. The molecule has 1 amide bonds. The molecule has 1 atom stereocenters. The summed E-state index contributed by atoms with van der Waals surface area (Å²) in [5, 5.41) is 23.3. The van der Waals surface area contributed by atoms with Gasteiger partial charge >= 0.3 is 5.97 Å². The molecule has 1 aromatic heterocycles. The molecule has 0 spiro atoms. The molecule has 0 bridgehead atoms. The molecule has 0 radical (unpaired) electrons. The number of hydrogen-bond donors (Lipinski definition) is 3. The van der Waals surface area contributed by atoms with E-state index in [2.05, 4.69) is 10.3 Å². The minimum Gasteiger partial charge on any atom is -0.465 e. The molecule has 3 N–H and O–H groups in total. The molecule has 2 aromatic rings. The van der Waals surface area contributed by atoms with Gasteiger partial charge in [0.05, 0.1) is 23.7 Å². The van der Waals surface area contributed by atoms with Crippen molar-refractivity contribution in [1.82, 2.24) is 10.3 Å². The Morgan fingerprint density at radius 3 is 2.46 bits per heavy atom. The molecule has 0 aliphatic carbocycles. The number of nitrogens with zero attached hydrogens (tertiary/aromatic N) is 1. The molecular formula is C17H19N3O6. The number of benzene rings is 1. The third-order valence-electron chi connectivity index (χ3n) is 4.00. The summed E-state index contributed by atoms with van der Waals surface area (Å²) in [4.78, 5) is 37.0. The van der Waals surface area contributed by atoms with Crippen LogP contribution in [0, 0.1) is 24.0 Å². The van der Waals surface area contributed by atoms with Crippen molar-refractivity contribution in [2.24, 2.45) is 0 Å². The second kappa shape index (κ2) is 7.79. The average molecular weight is 361 g/mol. The second-order valence-corrected chi connectivity index (χ2v) is 5.69. The number of rotatable bonds is 6. The number of esters is 1. The molecule has 9 heteroatoms. The van der Waals surface area contributed by atoms with Crippen LogP contribution in [-0.2, 0) is 4.74 Å². The normalized spacial score (nSPS) is 11.7. The minimum absolute atomic E-state index is 0.0854. The van der Waals surface area contributed by atoms with Crippen LogP contribution in [0.5, 0.6) is 0 Å². The average Bonchev–Trinajstić information content (AvgIpc) is 2.93. The van der Waals surface area contributed by atoms with Gasteiger partial charge in [0.1, 0.15) is 5.69 Å². The Hall–Kier alpha value is -3.20. The summed E-state index contributed by atoms with van der Waals surface area (Å²) < 4.78 is 4.69. The Morgan fingerprint density at radius 1 is 1.31 bits per heavy atom. The summed E-state index contributed by atoms with van der Waals surface area (Å²) in [5.74, 6) is -1.03. The number of nitro benzene ring substituents is 1. The van der Waals surface area contributed by atoms with Crippen LogP contribution < -0.4 is 5.32 Å². The zero-order chi connectivity index (χ0) is 19.4. The standard InChI is InChI=1S/C17H19N3O6/c1-9-14(17(23)26-3)10(2)19-15(9)16(22)18-8-13(21)11-4-6-12(7-5-11)20(24)25/h4-7,13,19,21H,8H2,1-3H3,(H,18,22). The fraction of sp³-hybridized carbons (Fsp3) is 0.294. The van der Waals surface area contributed by atoms with Crippen LogP contribution in [0.3, 0.4) is 0 Å². The molecule has 0 aliphatic heterocycles. The minimum atomic E-state index is -1.03. The number of aliphatic hydroxyl groups excluding tert-OH is 1. The Kier molecular flexibility index (Phi) is 5.73. The molecular weight excluding hydrogens is 342 g/mol. The number of aryl methyl sites for hydroxylation is 1. The number of hydrogen-bond acceptors (Lipinski definition) is 6. The number of amides is 1. The summed E-state index contributed by atoms with van der Waals surface area (Å²) >= 11 is 0. The largest absolute Gasteiger partial charge is 0.465 e. The van der Waals surface area contributed by atoms with Gasteiger partial charge in [-0.05, 0) is 37.1 Å². The molecule has 1 heterocycles. The fourth-order valence-electron chi connectivity index (χ4n) is 2.60. The third-order valence-corrected chi connectivity index (χ3v) is 4.00. The Labute approximate surface area is 149 Å². The number of aromatic nitrogens is 1. The molecule has 1 unspecified atom stereocenters. The van der Waals surface area contributed by atoms with Gasteiger partial charge in [-0.25, -0.2) is 4.79 Å². The first-order valence-electron chi connectivity index (χ1n) is 7.74. The van der Waals surface area contributed by atoms with E-state index in [-0.39, 0.29) is 17.9 Å². The van der Waals surface area contributed by atoms with Crippen molar-refractivity contribution < 1.29 is 24.4 Å².